The van der Waals surface area contributed by atoms with Gasteiger partial charge in [-0.05, 0) is 36.6 Å². The van der Waals surface area contributed by atoms with Crippen molar-refractivity contribution in [2.75, 3.05) is 13.1 Å². The molecule has 1 saturated heterocycles. The van der Waals surface area contributed by atoms with Gasteiger partial charge in [-0.25, -0.2) is 0 Å². The molecule has 0 radical (unpaired) electrons. The van der Waals surface area contributed by atoms with Crippen LogP contribution in [0.3, 0.4) is 0 Å². The van der Waals surface area contributed by atoms with Crippen molar-refractivity contribution in [3.8, 4) is 0 Å². The molecule has 0 aromatic carbocycles. The van der Waals surface area contributed by atoms with E-state index in [1.54, 1.807) is 24.7 Å². The zero-order chi connectivity index (χ0) is 13.8. The van der Waals surface area contributed by atoms with Crippen molar-refractivity contribution in [1.29, 1.82) is 0 Å². The predicted octanol–water partition coefficient (Wildman–Crippen LogP) is 2.50. The third-order valence-electron chi connectivity index (χ3n) is 3.77. The topological polar surface area (TPSA) is 46.1 Å². The maximum Gasteiger partial charge on any atom is 0.255 e. The van der Waals surface area contributed by atoms with Crippen LogP contribution < -0.4 is 0 Å². The largest absolute Gasteiger partial charge is 0.338 e. The van der Waals surface area contributed by atoms with Crippen molar-refractivity contribution in [2.45, 2.75) is 18.8 Å². The van der Waals surface area contributed by atoms with E-state index in [0.717, 1.165) is 25.9 Å². The van der Waals surface area contributed by atoms with Crippen LogP contribution in [0.1, 0.15) is 34.7 Å². The predicted molar refractivity (Wildman–Crippen MR) is 76.4 cm³/mol. The zero-order valence-corrected chi connectivity index (χ0v) is 11.3. The number of pyridine rings is 2. The van der Waals surface area contributed by atoms with Crippen LogP contribution in [0, 0.1) is 0 Å². The molecule has 3 rings (SSSR count). The summed E-state index contributed by atoms with van der Waals surface area (Å²) in [4.78, 5) is 22.6. The van der Waals surface area contributed by atoms with E-state index in [2.05, 4.69) is 16.0 Å². The summed E-state index contributed by atoms with van der Waals surface area (Å²) in [6.45, 7) is 1.59. The third kappa shape index (κ3) is 2.69. The van der Waals surface area contributed by atoms with Crippen molar-refractivity contribution in [1.82, 2.24) is 14.9 Å². The zero-order valence-electron chi connectivity index (χ0n) is 11.3. The molecule has 4 nitrogen and oxygen atoms in total. The number of rotatable bonds is 2. The lowest BCUT2D eigenvalue weighted by molar-refractivity contribution is 0.0706. The second-order valence-corrected chi connectivity index (χ2v) is 5.12. The molecule has 102 valence electrons. The number of aromatic nitrogens is 2. The van der Waals surface area contributed by atoms with Crippen molar-refractivity contribution in [3.63, 3.8) is 0 Å². The first-order valence-electron chi connectivity index (χ1n) is 6.94. The summed E-state index contributed by atoms with van der Waals surface area (Å²) < 4.78 is 0. The lowest BCUT2D eigenvalue weighted by atomic mass is 9.91. The molecule has 1 aliphatic rings. The van der Waals surface area contributed by atoms with Gasteiger partial charge in [-0.3, -0.25) is 14.8 Å². The van der Waals surface area contributed by atoms with Crippen molar-refractivity contribution in [2.24, 2.45) is 0 Å². The van der Waals surface area contributed by atoms with E-state index in [1.165, 1.54) is 5.56 Å². The first kappa shape index (κ1) is 12.8. The Balaban J connectivity index is 1.74. The fourth-order valence-corrected chi connectivity index (χ4v) is 2.72. The monoisotopic (exact) mass is 267 g/mol. The molecular formula is C16H17N3O. The van der Waals surface area contributed by atoms with Gasteiger partial charge in [0.05, 0.1) is 5.56 Å². The first-order chi connectivity index (χ1) is 9.84. The Hall–Kier alpha value is -2.23. The number of piperidine rings is 1. The van der Waals surface area contributed by atoms with Gasteiger partial charge in [0.1, 0.15) is 0 Å². The molecule has 1 fully saturated rings. The molecule has 4 heteroatoms. The fourth-order valence-electron chi connectivity index (χ4n) is 2.72. The van der Waals surface area contributed by atoms with Crippen LogP contribution >= 0.6 is 0 Å². The molecule has 3 heterocycles. The van der Waals surface area contributed by atoms with Crippen LogP contribution in [0.25, 0.3) is 0 Å². The lowest BCUT2D eigenvalue weighted by Crippen LogP contribution is -2.39. The van der Waals surface area contributed by atoms with Gasteiger partial charge in [0.15, 0.2) is 0 Å². The Bertz CT molecular complexity index is 571. The average Bonchev–Trinajstić information content (AvgIpc) is 2.56. The fraction of sp³-hybridized carbons (Fsp3) is 0.312. The number of amides is 1. The Kier molecular flexibility index (Phi) is 3.72. The summed E-state index contributed by atoms with van der Waals surface area (Å²) in [6, 6.07) is 7.67. The Morgan fingerprint density at radius 1 is 1.15 bits per heavy atom. The van der Waals surface area contributed by atoms with Gasteiger partial charge in [-0.2, -0.15) is 0 Å². The minimum Gasteiger partial charge on any atom is -0.338 e. The highest BCUT2D eigenvalue weighted by atomic mass is 16.2. The van der Waals surface area contributed by atoms with Crippen LogP contribution in [0.5, 0.6) is 0 Å². The van der Waals surface area contributed by atoms with E-state index in [4.69, 9.17) is 0 Å². The van der Waals surface area contributed by atoms with Gasteiger partial charge in [0.2, 0.25) is 0 Å². The minimum absolute atomic E-state index is 0.0756. The smallest absolute Gasteiger partial charge is 0.255 e. The molecule has 0 N–H and O–H groups in total. The molecular weight excluding hydrogens is 250 g/mol. The van der Waals surface area contributed by atoms with Crippen LogP contribution in [-0.2, 0) is 0 Å². The number of hydrogen-bond acceptors (Lipinski definition) is 3. The van der Waals surface area contributed by atoms with Crippen LogP contribution in [0.4, 0.5) is 0 Å². The van der Waals surface area contributed by atoms with Gasteiger partial charge < -0.3 is 4.90 Å². The molecule has 0 bridgehead atoms. The number of nitrogens with zero attached hydrogens (tertiary/aromatic N) is 3. The first-order valence-corrected chi connectivity index (χ1v) is 6.94. The highest BCUT2D eigenvalue weighted by Gasteiger charge is 2.25. The van der Waals surface area contributed by atoms with Crippen LogP contribution in [0.15, 0.2) is 49.1 Å². The van der Waals surface area contributed by atoms with Gasteiger partial charge in [0, 0.05) is 43.8 Å². The molecule has 0 saturated carbocycles. The number of carbonyl (C=O) groups is 1. The quantitative estimate of drug-likeness (QED) is 0.840. The maximum atomic E-state index is 12.4. The molecule has 2 aromatic heterocycles. The second kappa shape index (κ2) is 5.82. The summed E-state index contributed by atoms with van der Waals surface area (Å²) in [5.41, 5.74) is 1.88. The molecule has 1 atom stereocenters. The molecule has 0 unspecified atom stereocenters. The minimum atomic E-state index is 0.0756. The standard InChI is InChI=1S/C16H17N3O/c20-16(14-5-2-8-18-11-14)19-9-3-6-15(12-19)13-4-1-7-17-10-13/h1-2,4-5,7-8,10-11,15H,3,6,9,12H2/t15-/m1/s1. The molecule has 1 aliphatic heterocycles. The Labute approximate surface area is 118 Å². The van der Waals surface area contributed by atoms with Crippen molar-refractivity contribution < 1.29 is 4.79 Å². The van der Waals surface area contributed by atoms with E-state index < -0.39 is 0 Å². The summed E-state index contributed by atoms with van der Waals surface area (Å²) in [7, 11) is 0. The number of carbonyl (C=O) groups excluding carboxylic acids is 1. The summed E-state index contributed by atoms with van der Waals surface area (Å²) in [6.07, 6.45) is 9.16. The van der Waals surface area contributed by atoms with Gasteiger partial charge in [-0.15, -0.1) is 0 Å². The second-order valence-electron chi connectivity index (χ2n) is 5.12. The normalized spacial score (nSPS) is 18.8. The lowest BCUT2D eigenvalue weighted by Gasteiger charge is -2.32. The van der Waals surface area contributed by atoms with Gasteiger partial charge >= 0.3 is 0 Å². The molecule has 20 heavy (non-hydrogen) atoms. The third-order valence-corrected chi connectivity index (χ3v) is 3.77. The number of likely N-dealkylation sites (tertiary alicyclic amines) is 1. The Morgan fingerprint density at radius 3 is 2.65 bits per heavy atom. The Morgan fingerprint density at radius 2 is 1.95 bits per heavy atom. The van der Waals surface area contributed by atoms with Gasteiger partial charge in [0.25, 0.3) is 5.91 Å². The highest BCUT2D eigenvalue weighted by molar-refractivity contribution is 5.94. The summed E-state index contributed by atoms with van der Waals surface area (Å²) in [5.74, 6) is 0.463. The van der Waals surface area contributed by atoms with Crippen LogP contribution in [0.2, 0.25) is 0 Å². The van der Waals surface area contributed by atoms with Crippen molar-refractivity contribution in [3.05, 3.63) is 60.2 Å². The summed E-state index contributed by atoms with van der Waals surface area (Å²) in [5, 5.41) is 0. The molecule has 1 amide bonds. The van der Waals surface area contributed by atoms with E-state index in [9.17, 15) is 4.79 Å². The van der Waals surface area contributed by atoms with E-state index in [1.807, 2.05) is 23.2 Å². The molecule has 0 spiro atoms. The molecule has 2 aromatic rings. The van der Waals surface area contributed by atoms with E-state index >= 15 is 0 Å². The van der Waals surface area contributed by atoms with E-state index in [-0.39, 0.29) is 5.91 Å². The SMILES string of the molecule is O=C(c1cccnc1)N1CCC[C@@H](c2cccnc2)C1. The molecule has 0 aliphatic carbocycles. The van der Waals surface area contributed by atoms with Crippen molar-refractivity contribution >= 4 is 5.91 Å². The van der Waals surface area contributed by atoms with E-state index in [0.29, 0.717) is 11.5 Å². The number of hydrogen-bond donors (Lipinski definition) is 0. The maximum absolute atomic E-state index is 12.4. The van der Waals surface area contributed by atoms with Crippen LogP contribution in [-0.4, -0.2) is 33.9 Å². The average molecular weight is 267 g/mol. The van der Waals surface area contributed by atoms with Gasteiger partial charge in [-0.1, -0.05) is 6.07 Å². The summed E-state index contributed by atoms with van der Waals surface area (Å²) >= 11 is 0. The highest BCUT2D eigenvalue weighted by Crippen LogP contribution is 2.26.